The highest BCUT2D eigenvalue weighted by Crippen LogP contribution is 2.10. The minimum atomic E-state index is -4.41. The second-order valence-electron chi connectivity index (χ2n) is 7.37. The van der Waals surface area contributed by atoms with Gasteiger partial charge in [-0.1, -0.05) is 58.3 Å². The van der Waals surface area contributed by atoms with Gasteiger partial charge in [0.1, 0.15) is 0 Å². The lowest BCUT2D eigenvalue weighted by Crippen LogP contribution is -2.35. The fourth-order valence-corrected chi connectivity index (χ4v) is 2.07. The first-order chi connectivity index (χ1) is 12.7. The average Bonchev–Trinajstić information content (AvgIpc) is 2.55. The maximum absolute atomic E-state index is 9.33. The van der Waals surface area contributed by atoms with E-state index in [1.54, 1.807) is 0 Å². The molecule has 0 unspecified atom stereocenters. The van der Waals surface area contributed by atoms with Crippen LogP contribution in [-0.4, -0.2) is 72.3 Å². The molecule has 0 radical (unpaired) electrons. The van der Waals surface area contributed by atoms with Crippen LogP contribution in [0.25, 0.3) is 0 Å². The normalized spacial score (nSPS) is 11.4. The molecule has 0 rings (SSSR count). The minimum absolute atomic E-state index is 0. The Hall–Kier alpha value is -0.340. The van der Waals surface area contributed by atoms with Crippen LogP contribution < -0.4 is 6.15 Å². The van der Waals surface area contributed by atoms with Crippen LogP contribution in [0, 0.1) is 0 Å². The lowest BCUT2D eigenvalue weighted by molar-refractivity contribution is -0.870. The van der Waals surface area contributed by atoms with Crippen molar-refractivity contribution in [3.05, 3.63) is 0 Å². The smallest absolute Gasteiger partial charge is 0.397 e. The number of hydrogen-bond acceptors (Lipinski definition) is 8. The molecule has 0 aliphatic carbocycles. The summed E-state index contributed by atoms with van der Waals surface area (Å²) in [5, 5.41) is 0. The molecule has 0 saturated heterocycles. The van der Waals surface area contributed by atoms with Crippen LogP contribution in [0.15, 0.2) is 0 Å². The van der Waals surface area contributed by atoms with Crippen LogP contribution in [0.3, 0.4) is 0 Å². The molecule has 0 aromatic rings. The molecular weight excluding hydrogens is 424 g/mol. The van der Waals surface area contributed by atoms with Crippen molar-refractivity contribution in [1.29, 1.82) is 0 Å². The van der Waals surface area contributed by atoms with Gasteiger partial charge in [0.2, 0.25) is 10.4 Å². The summed E-state index contributed by atoms with van der Waals surface area (Å²) in [6, 6.07) is 0. The van der Waals surface area contributed by atoms with Gasteiger partial charge in [-0.2, -0.15) is 8.42 Å². The van der Waals surface area contributed by atoms with E-state index in [0.29, 0.717) is 0 Å². The molecule has 0 fully saturated rings. The number of quaternary nitrogens is 1. The molecule has 182 valence electrons. The third-order valence-corrected chi connectivity index (χ3v) is 4.43. The Bertz CT molecular complexity index is 500. The minimum Gasteiger partial charge on any atom is -0.726 e. The second-order valence-corrected chi connectivity index (χ2v) is 9.70. The average molecular weight is 469 g/mol. The third-order valence-electron chi connectivity index (χ3n) is 3.60. The monoisotopic (exact) mass is 468 g/mol. The van der Waals surface area contributed by atoms with Crippen molar-refractivity contribution in [2.75, 3.05) is 41.9 Å². The molecule has 0 aliphatic heterocycles. The zero-order valence-corrected chi connectivity index (χ0v) is 20.7. The highest BCUT2D eigenvalue weighted by Gasteiger charge is 2.04. The van der Waals surface area contributed by atoms with Crippen molar-refractivity contribution in [3.8, 4) is 0 Å². The maximum atomic E-state index is 9.33. The fourth-order valence-electron chi connectivity index (χ4n) is 2.07. The molecule has 0 heterocycles. The molecule has 0 atom stereocenters. The van der Waals surface area contributed by atoms with E-state index in [-0.39, 0.29) is 6.15 Å². The van der Waals surface area contributed by atoms with Crippen molar-refractivity contribution in [2.24, 2.45) is 0 Å². The highest BCUT2D eigenvalue weighted by atomic mass is 32.3. The molecular formula is C17H44N2O8S2. The van der Waals surface area contributed by atoms with E-state index < -0.39 is 20.8 Å². The van der Waals surface area contributed by atoms with Gasteiger partial charge in [0.15, 0.2) is 0 Å². The van der Waals surface area contributed by atoms with E-state index in [9.17, 15) is 21.4 Å². The molecule has 0 aliphatic rings. The Morgan fingerprint density at radius 1 is 0.759 bits per heavy atom. The van der Waals surface area contributed by atoms with Gasteiger partial charge in [0.05, 0.1) is 41.9 Å². The van der Waals surface area contributed by atoms with Crippen LogP contribution in [0.4, 0.5) is 0 Å². The van der Waals surface area contributed by atoms with Crippen molar-refractivity contribution in [1.82, 2.24) is 6.15 Å². The Morgan fingerprint density at radius 2 is 1.03 bits per heavy atom. The van der Waals surface area contributed by atoms with Crippen LogP contribution in [-0.2, 0) is 29.2 Å². The van der Waals surface area contributed by atoms with Gasteiger partial charge in [-0.3, -0.25) is 12.9 Å². The number of unbranched alkanes of at least 4 members (excludes halogenated alkanes) is 9. The van der Waals surface area contributed by atoms with E-state index in [1.807, 2.05) is 0 Å². The predicted octanol–water partition coefficient (Wildman–Crippen LogP) is 3.30. The highest BCUT2D eigenvalue weighted by molar-refractivity contribution is 7.81. The summed E-state index contributed by atoms with van der Waals surface area (Å²) < 4.78 is 61.9. The van der Waals surface area contributed by atoms with Gasteiger partial charge in [-0.15, -0.1) is 0 Å². The summed E-state index contributed by atoms with van der Waals surface area (Å²) in [6.07, 6.45) is 14.4. The van der Waals surface area contributed by atoms with Crippen LogP contribution in [0.1, 0.15) is 71.1 Å². The third kappa shape index (κ3) is 52.3. The van der Waals surface area contributed by atoms with Crippen molar-refractivity contribution < 1.29 is 38.8 Å². The van der Waals surface area contributed by atoms with Gasteiger partial charge >= 0.3 is 10.4 Å². The van der Waals surface area contributed by atoms with Crippen molar-refractivity contribution >= 4 is 20.8 Å². The second kappa shape index (κ2) is 20.9. The molecule has 0 aromatic heterocycles. The zero-order valence-electron chi connectivity index (χ0n) is 19.1. The van der Waals surface area contributed by atoms with Gasteiger partial charge < -0.3 is 15.2 Å². The maximum Gasteiger partial charge on any atom is 0.397 e. The standard InChI is InChI=1S/C15H34N.2CH4O4S.H3N/c1-5-6-7-8-9-10-11-12-13-14-15-16(2,3)4;2*1-5-6(2,3)4;/h5-15H2,1-4H3;2*1H3,(H,2,3,4);1H3/q+1;;;/p-1. The van der Waals surface area contributed by atoms with Gasteiger partial charge in [0, 0.05) is 0 Å². The zero-order chi connectivity index (χ0) is 22.7. The first-order valence-corrected chi connectivity index (χ1v) is 12.2. The van der Waals surface area contributed by atoms with E-state index in [0.717, 1.165) is 18.7 Å². The molecule has 0 saturated carbocycles. The molecule has 4 N–H and O–H groups in total. The van der Waals surface area contributed by atoms with Crippen molar-refractivity contribution in [3.63, 3.8) is 0 Å². The largest absolute Gasteiger partial charge is 0.726 e. The molecule has 12 heteroatoms. The van der Waals surface area contributed by atoms with Gasteiger partial charge in [0.25, 0.3) is 0 Å². The Kier molecular flexibility index (Phi) is 26.0. The molecule has 29 heavy (non-hydrogen) atoms. The topological polar surface area (TPSA) is 165 Å². The number of nitrogens with zero attached hydrogens (tertiary/aromatic N) is 1. The Balaban J connectivity index is -0.000000199. The molecule has 0 bridgehead atoms. The van der Waals surface area contributed by atoms with Gasteiger partial charge in [-0.25, -0.2) is 8.42 Å². The van der Waals surface area contributed by atoms with E-state index in [4.69, 9.17) is 4.55 Å². The first kappa shape index (κ1) is 36.1. The van der Waals surface area contributed by atoms with Crippen LogP contribution >= 0.6 is 0 Å². The quantitative estimate of drug-likeness (QED) is 0.178. The summed E-state index contributed by atoms with van der Waals surface area (Å²) in [5.41, 5.74) is 0. The Morgan fingerprint density at radius 3 is 1.24 bits per heavy atom. The van der Waals surface area contributed by atoms with Crippen molar-refractivity contribution in [2.45, 2.75) is 71.1 Å². The summed E-state index contributed by atoms with van der Waals surface area (Å²) in [7, 11) is -0.0395. The summed E-state index contributed by atoms with van der Waals surface area (Å²) in [4.78, 5) is 0. The van der Waals surface area contributed by atoms with E-state index in [2.05, 4.69) is 36.4 Å². The van der Waals surface area contributed by atoms with Crippen LogP contribution in [0.2, 0.25) is 0 Å². The lowest BCUT2D eigenvalue weighted by atomic mass is 10.1. The van der Waals surface area contributed by atoms with E-state index >= 15 is 0 Å². The summed E-state index contributed by atoms with van der Waals surface area (Å²) >= 11 is 0. The van der Waals surface area contributed by atoms with E-state index in [1.165, 1.54) is 70.8 Å². The molecule has 0 aromatic carbocycles. The number of rotatable bonds is 13. The molecule has 0 amide bonds. The lowest BCUT2D eigenvalue weighted by Gasteiger charge is -2.23. The SMILES string of the molecule is CCCCCCCCCCCC[N+](C)(C)C.COS(=O)(=O)O.COS(=O)(=O)[O-].N. The molecule has 0 spiro atoms. The summed E-state index contributed by atoms with van der Waals surface area (Å²) in [5.74, 6) is 0. The molecule has 10 nitrogen and oxygen atoms in total. The van der Waals surface area contributed by atoms with Gasteiger partial charge in [-0.05, 0) is 12.8 Å². The fraction of sp³-hybridized carbons (Fsp3) is 1.00. The van der Waals surface area contributed by atoms with Crippen LogP contribution in [0.5, 0.6) is 0 Å². The first-order valence-electron chi connectivity index (χ1n) is 9.53. The predicted molar refractivity (Wildman–Crippen MR) is 115 cm³/mol. The summed E-state index contributed by atoms with van der Waals surface area (Å²) in [6.45, 7) is 3.62. The Labute approximate surface area is 179 Å². The number of hydrogen-bond donors (Lipinski definition) is 2.